The summed E-state index contributed by atoms with van der Waals surface area (Å²) in [6, 6.07) is 0. The summed E-state index contributed by atoms with van der Waals surface area (Å²) in [7, 11) is 0. The fraction of sp³-hybridized carbons (Fsp3) is 0.700. The van der Waals surface area contributed by atoms with Crippen molar-refractivity contribution < 1.29 is 10.2 Å². The van der Waals surface area contributed by atoms with E-state index in [4.69, 9.17) is 0 Å². The van der Waals surface area contributed by atoms with Gasteiger partial charge in [-0.3, -0.25) is 0 Å². The molecule has 0 heterocycles. The number of aliphatic hydroxyl groups excluding tert-OH is 2. The molecule has 1 saturated carbocycles. The van der Waals surface area contributed by atoms with Crippen LogP contribution in [-0.2, 0) is 0 Å². The Morgan fingerprint density at radius 3 is 2.41 bits per heavy atom. The summed E-state index contributed by atoms with van der Waals surface area (Å²) in [5, 5.41) is 20.5. The standard InChI is InChI=1S/C20H32O2/c1-13-6-8-17-18(20(17,4)5)12-15(3)19(22)9-7-14(2)11-16(21)10-13/h7,10,12,16-19,21-22H,6,8-9,11H2,1-5H3/b13-10+,14-7+,15-12+/t16-,17+,18-,19+/m1/s1. The minimum Gasteiger partial charge on any atom is -0.389 e. The van der Waals surface area contributed by atoms with Crippen LogP contribution in [0.25, 0.3) is 0 Å². The first-order valence-electron chi connectivity index (χ1n) is 8.59. The van der Waals surface area contributed by atoms with E-state index < -0.39 is 12.2 Å². The van der Waals surface area contributed by atoms with Gasteiger partial charge in [-0.05, 0) is 69.3 Å². The molecule has 0 radical (unpaired) electrons. The van der Waals surface area contributed by atoms with Crippen molar-refractivity contribution in [3.05, 3.63) is 34.9 Å². The zero-order valence-corrected chi connectivity index (χ0v) is 14.8. The topological polar surface area (TPSA) is 40.5 Å². The summed E-state index contributed by atoms with van der Waals surface area (Å²) in [6.07, 6.45) is 9.09. The molecule has 1 fully saturated rings. The van der Waals surface area contributed by atoms with Gasteiger partial charge in [0.15, 0.2) is 0 Å². The van der Waals surface area contributed by atoms with Gasteiger partial charge in [0, 0.05) is 0 Å². The van der Waals surface area contributed by atoms with Crippen molar-refractivity contribution in [2.75, 3.05) is 0 Å². The fourth-order valence-corrected chi connectivity index (χ4v) is 3.83. The van der Waals surface area contributed by atoms with Crippen LogP contribution >= 0.6 is 0 Å². The third-order valence-electron chi connectivity index (χ3n) is 5.65. The predicted molar refractivity (Wildman–Crippen MR) is 92.5 cm³/mol. The maximum Gasteiger partial charge on any atom is 0.0782 e. The van der Waals surface area contributed by atoms with Crippen LogP contribution in [0.3, 0.4) is 0 Å². The van der Waals surface area contributed by atoms with E-state index in [-0.39, 0.29) is 0 Å². The van der Waals surface area contributed by atoms with Crippen LogP contribution in [0.2, 0.25) is 0 Å². The number of fused-ring (bicyclic) bond motifs is 1. The summed E-state index contributed by atoms with van der Waals surface area (Å²) in [5.41, 5.74) is 3.87. The van der Waals surface area contributed by atoms with Gasteiger partial charge in [0.1, 0.15) is 0 Å². The molecule has 2 rings (SSSR count). The van der Waals surface area contributed by atoms with E-state index in [0.717, 1.165) is 17.6 Å². The average Bonchev–Trinajstić information content (AvgIpc) is 2.92. The molecule has 2 heteroatoms. The van der Waals surface area contributed by atoms with Gasteiger partial charge < -0.3 is 10.2 Å². The highest BCUT2D eigenvalue weighted by Crippen LogP contribution is 2.61. The molecule has 0 bridgehead atoms. The molecule has 0 saturated heterocycles. The largest absolute Gasteiger partial charge is 0.389 e. The fourth-order valence-electron chi connectivity index (χ4n) is 3.83. The zero-order valence-electron chi connectivity index (χ0n) is 14.8. The Labute approximate surface area is 135 Å². The minimum absolute atomic E-state index is 0.339. The molecule has 0 unspecified atom stereocenters. The lowest BCUT2D eigenvalue weighted by Gasteiger charge is -2.12. The highest BCUT2D eigenvalue weighted by atomic mass is 16.3. The summed E-state index contributed by atoms with van der Waals surface area (Å²) in [6.45, 7) is 10.9. The second-order valence-corrected chi connectivity index (χ2v) is 7.99. The molecular weight excluding hydrogens is 272 g/mol. The van der Waals surface area contributed by atoms with Crippen molar-refractivity contribution in [2.45, 2.75) is 72.5 Å². The van der Waals surface area contributed by atoms with Crippen molar-refractivity contribution in [3.63, 3.8) is 0 Å². The summed E-state index contributed by atoms with van der Waals surface area (Å²) < 4.78 is 0. The van der Waals surface area contributed by atoms with E-state index in [1.54, 1.807) is 0 Å². The van der Waals surface area contributed by atoms with Crippen LogP contribution in [0.1, 0.15) is 60.3 Å². The molecule has 124 valence electrons. The van der Waals surface area contributed by atoms with Gasteiger partial charge in [-0.1, -0.05) is 43.2 Å². The smallest absolute Gasteiger partial charge is 0.0782 e. The van der Waals surface area contributed by atoms with E-state index in [2.05, 4.69) is 32.9 Å². The first-order chi connectivity index (χ1) is 10.2. The van der Waals surface area contributed by atoms with Gasteiger partial charge in [-0.2, -0.15) is 0 Å². The molecule has 2 aliphatic rings. The highest BCUT2D eigenvalue weighted by molar-refractivity contribution is 5.21. The Hall–Kier alpha value is -0.860. The van der Waals surface area contributed by atoms with Gasteiger partial charge in [-0.15, -0.1) is 0 Å². The van der Waals surface area contributed by atoms with Crippen LogP contribution in [-0.4, -0.2) is 22.4 Å². The minimum atomic E-state index is -0.406. The van der Waals surface area contributed by atoms with E-state index in [9.17, 15) is 10.2 Å². The van der Waals surface area contributed by atoms with Crippen LogP contribution in [0.5, 0.6) is 0 Å². The molecule has 0 aliphatic heterocycles. The number of hydrogen-bond donors (Lipinski definition) is 2. The van der Waals surface area contributed by atoms with Crippen molar-refractivity contribution in [1.82, 2.24) is 0 Å². The number of allylic oxidation sites excluding steroid dienone is 2. The Kier molecular flexibility index (Phi) is 5.34. The summed E-state index contributed by atoms with van der Waals surface area (Å²) in [5.74, 6) is 1.27. The van der Waals surface area contributed by atoms with Crippen LogP contribution in [0.15, 0.2) is 34.9 Å². The Morgan fingerprint density at radius 1 is 1.05 bits per heavy atom. The normalized spacial score (nSPS) is 43.5. The second kappa shape index (κ2) is 6.72. The maximum atomic E-state index is 10.3. The lowest BCUT2D eigenvalue weighted by molar-refractivity contribution is 0.211. The monoisotopic (exact) mass is 304 g/mol. The van der Waals surface area contributed by atoms with Crippen molar-refractivity contribution in [3.8, 4) is 0 Å². The Bertz CT molecular complexity index is 496. The van der Waals surface area contributed by atoms with Gasteiger partial charge in [0.05, 0.1) is 12.2 Å². The quantitative estimate of drug-likeness (QED) is 0.651. The molecule has 2 N–H and O–H groups in total. The zero-order chi connectivity index (χ0) is 16.5. The number of aliphatic hydroxyl groups is 2. The highest BCUT2D eigenvalue weighted by Gasteiger charge is 2.55. The van der Waals surface area contributed by atoms with Gasteiger partial charge >= 0.3 is 0 Å². The number of rotatable bonds is 0. The first-order valence-corrected chi connectivity index (χ1v) is 8.59. The third kappa shape index (κ3) is 4.11. The molecule has 2 aliphatic carbocycles. The van der Waals surface area contributed by atoms with Gasteiger partial charge in [0.2, 0.25) is 0 Å². The van der Waals surface area contributed by atoms with E-state index in [1.165, 1.54) is 12.0 Å². The van der Waals surface area contributed by atoms with Gasteiger partial charge in [-0.25, -0.2) is 0 Å². The van der Waals surface area contributed by atoms with Crippen LogP contribution < -0.4 is 0 Å². The SMILES string of the molecule is C/C1=C\[C@@H](O)C/C(C)=C/C[C@H](O)/C(C)=C/[C@@H]2[C@H](CC1)C2(C)C. The maximum absolute atomic E-state index is 10.3. The van der Waals surface area contributed by atoms with Crippen LogP contribution in [0, 0.1) is 17.3 Å². The van der Waals surface area contributed by atoms with E-state index in [1.807, 2.05) is 19.9 Å². The molecule has 0 amide bonds. The Morgan fingerprint density at radius 2 is 1.73 bits per heavy atom. The molecule has 4 atom stereocenters. The van der Waals surface area contributed by atoms with Crippen molar-refractivity contribution in [2.24, 2.45) is 17.3 Å². The molecule has 0 aromatic carbocycles. The molecular formula is C20H32O2. The summed E-state index contributed by atoms with van der Waals surface area (Å²) >= 11 is 0. The van der Waals surface area contributed by atoms with Gasteiger partial charge in [0.25, 0.3) is 0 Å². The number of hydrogen-bond acceptors (Lipinski definition) is 2. The molecule has 0 spiro atoms. The molecule has 2 nitrogen and oxygen atoms in total. The van der Waals surface area contributed by atoms with Crippen molar-refractivity contribution >= 4 is 0 Å². The van der Waals surface area contributed by atoms with Crippen molar-refractivity contribution in [1.29, 1.82) is 0 Å². The molecule has 0 aromatic heterocycles. The first kappa shape index (κ1) is 17.5. The lowest BCUT2D eigenvalue weighted by atomic mass is 9.99. The lowest BCUT2D eigenvalue weighted by Crippen LogP contribution is -2.09. The summed E-state index contributed by atoms with van der Waals surface area (Å²) in [4.78, 5) is 0. The molecule has 22 heavy (non-hydrogen) atoms. The second-order valence-electron chi connectivity index (χ2n) is 7.99. The van der Waals surface area contributed by atoms with Crippen LogP contribution in [0.4, 0.5) is 0 Å². The Balaban J connectivity index is 2.21. The third-order valence-corrected chi connectivity index (χ3v) is 5.65. The van der Waals surface area contributed by atoms with E-state index >= 15 is 0 Å². The van der Waals surface area contributed by atoms with E-state index in [0.29, 0.717) is 30.1 Å². The predicted octanol–water partition coefficient (Wildman–Crippen LogP) is 4.39. The molecule has 0 aromatic rings. The average molecular weight is 304 g/mol.